The van der Waals surface area contributed by atoms with Crippen molar-refractivity contribution >= 4 is 0 Å². The molecule has 0 saturated carbocycles. The van der Waals surface area contributed by atoms with Gasteiger partial charge in [-0.3, -0.25) is 0 Å². The third-order valence-electron chi connectivity index (χ3n) is 2.40. The van der Waals surface area contributed by atoms with Crippen molar-refractivity contribution < 1.29 is 0 Å². The summed E-state index contributed by atoms with van der Waals surface area (Å²) in [5.74, 6) is 0.443. The fraction of sp³-hybridized carbons (Fsp3) is 0.300. The van der Waals surface area contributed by atoms with E-state index < -0.39 is 6.04 Å². The lowest BCUT2D eigenvalue weighted by Gasteiger charge is -2.07. The Morgan fingerprint density at radius 2 is 2.00 bits per heavy atom. The Hall–Kier alpha value is -2.11. The predicted octanol–water partition coefficient (Wildman–Crippen LogP) is 1.37. The Balaban J connectivity index is 2.40. The zero-order chi connectivity index (χ0) is 11.5. The Morgan fingerprint density at radius 3 is 2.50 bits per heavy atom. The zero-order valence-electron chi connectivity index (χ0n) is 9.03. The van der Waals surface area contributed by atoms with Gasteiger partial charge in [0.05, 0.1) is 0 Å². The quantitative estimate of drug-likeness (QED) is 0.728. The van der Waals surface area contributed by atoms with Crippen LogP contribution in [-0.4, -0.2) is 20.2 Å². The van der Waals surface area contributed by atoms with Crippen molar-refractivity contribution in [1.29, 1.82) is 0 Å². The maximum atomic E-state index is 10.9. The summed E-state index contributed by atoms with van der Waals surface area (Å²) >= 11 is 0. The van der Waals surface area contributed by atoms with E-state index in [4.69, 9.17) is 0 Å². The molecule has 6 nitrogen and oxygen atoms in total. The minimum Gasteiger partial charge on any atom is -0.230 e. The minimum atomic E-state index is -0.652. The van der Waals surface area contributed by atoms with Crippen molar-refractivity contribution in [3.8, 4) is 0 Å². The number of nitrogens with zero attached hydrogens (tertiary/aromatic N) is 5. The number of aryl methyl sites for hydroxylation is 2. The molecule has 0 bridgehead atoms. The minimum absolute atomic E-state index is 0.443. The van der Waals surface area contributed by atoms with E-state index in [1.807, 2.05) is 31.2 Å². The molecule has 0 aliphatic carbocycles. The van der Waals surface area contributed by atoms with Crippen LogP contribution in [0.1, 0.15) is 23.0 Å². The lowest BCUT2D eigenvalue weighted by atomic mass is 10.1. The van der Waals surface area contributed by atoms with Crippen LogP contribution in [0.25, 0.3) is 0 Å². The smallest absolute Gasteiger partial charge is 0.183 e. The molecule has 0 aliphatic rings. The first kappa shape index (κ1) is 10.4. The fourth-order valence-electron chi connectivity index (χ4n) is 1.47. The molecular formula is C10H11N5O. The largest absolute Gasteiger partial charge is 0.230 e. The Morgan fingerprint density at radius 1 is 1.31 bits per heavy atom. The first-order valence-corrected chi connectivity index (χ1v) is 4.83. The van der Waals surface area contributed by atoms with Gasteiger partial charge >= 0.3 is 0 Å². The summed E-state index contributed by atoms with van der Waals surface area (Å²) in [7, 11) is 1.68. The van der Waals surface area contributed by atoms with Crippen LogP contribution in [0.3, 0.4) is 0 Å². The fourth-order valence-corrected chi connectivity index (χ4v) is 1.47. The summed E-state index contributed by atoms with van der Waals surface area (Å²) < 4.78 is 1.45. The van der Waals surface area contributed by atoms with Crippen LogP contribution in [0.2, 0.25) is 0 Å². The number of benzene rings is 1. The number of aromatic nitrogens is 4. The highest BCUT2D eigenvalue weighted by Crippen LogP contribution is 2.23. The van der Waals surface area contributed by atoms with Gasteiger partial charge in [-0.25, -0.2) is 4.68 Å². The van der Waals surface area contributed by atoms with Crippen molar-refractivity contribution in [3.63, 3.8) is 0 Å². The van der Waals surface area contributed by atoms with E-state index in [0.717, 1.165) is 11.1 Å². The predicted molar refractivity (Wildman–Crippen MR) is 57.6 cm³/mol. The molecule has 6 heteroatoms. The van der Waals surface area contributed by atoms with Crippen LogP contribution in [0.5, 0.6) is 0 Å². The van der Waals surface area contributed by atoms with Crippen LogP contribution in [0.15, 0.2) is 29.4 Å². The number of hydrogen-bond donors (Lipinski definition) is 0. The molecule has 0 spiro atoms. The number of hydrogen-bond acceptors (Lipinski definition) is 5. The molecule has 2 aromatic rings. The Kier molecular flexibility index (Phi) is 2.72. The van der Waals surface area contributed by atoms with Gasteiger partial charge in [-0.05, 0) is 22.9 Å². The van der Waals surface area contributed by atoms with Crippen molar-refractivity contribution in [1.82, 2.24) is 20.2 Å². The standard InChI is InChI=1S/C10H11N5O/c1-7-3-5-8(6-4-7)9(12-16)10-11-13-14-15(10)2/h3-6,9H,1-2H3. The lowest BCUT2D eigenvalue weighted by Crippen LogP contribution is -2.06. The molecule has 16 heavy (non-hydrogen) atoms. The van der Waals surface area contributed by atoms with Crippen LogP contribution < -0.4 is 0 Å². The van der Waals surface area contributed by atoms with E-state index in [1.165, 1.54) is 4.68 Å². The molecule has 0 N–H and O–H groups in total. The molecule has 1 aromatic carbocycles. The highest BCUT2D eigenvalue weighted by molar-refractivity contribution is 5.27. The normalized spacial score (nSPS) is 12.4. The van der Waals surface area contributed by atoms with Gasteiger partial charge in [-0.2, -0.15) is 0 Å². The molecule has 82 valence electrons. The molecule has 1 heterocycles. The summed E-state index contributed by atoms with van der Waals surface area (Å²) in [5.41, 5.74) is 1.92. The summed E-state index contributed by atoms with van der Waals surface area (Å²) in [4.78, 5) is 10.9. The van der Waals surface area contributed by atoms with Crippen LogP contribution in [-0.2, 0) is 7.05 Å². The second-order valence-corrected chi connectivity index (χ2v) is 3.58. The van der Waals surface area contributed by atoms with Gasteiger partial charge in [0.15, 0.2) is 11.9 Å². The summed E-state index contributed by atoms with van der Waals surface area (Å²) in [5, 5.41) is 14.1. The average Bonchev–Trinajstić information content (AvgIpc) is 2.69. The van der Waals surface area contributed by atoms with E-state index in [2.05, 4.69) is 20.7 Å². The third kappa shape index (κ3) is 1.81. The van der Waals surface area contributed by atoms with Crippen LogP contribution in [0, 0.1) is 11.8 Å². The van der Waals surface area contributed by atoms with Gasteiger partial charge in [-0.1, -0.05) is 35.0 Å². The summed E-state index contributed by atoms with van der Waals surface area (Å²) in [6.45, 7) is 1.98. The van der Waals surface area contributed by atoms with Gasteiger partial charge in [0.2, 0.25) is 0 Å². The van der Waals surface area contributed by atoms with Gasteiger partial charge < -0.3 is 0 Å². The second kappa shape index (κ2) is 4.18. The SMILES string of the molecule is Cc1ccc(C(N=O)c2nnnn2C)cc1. The highest BCUT2D eigenvalue weighted by atomic mass is 16.3. The molecule has 0 radical (unpaired) electrons. The lowest BCUT2D eigenvalue weighted by molar-refractivity contribution is 0.647. The third-order valence-corrected chi connectivity index (χ3v) is 2.40. The van der Waals surface area contributed by atoms with E-state index in [9.17, 15) is 4.91 Å². The van der Waals surface area contributed by atoms with Crippen molar-refractivity contribution in [2.75, 3.05) is 0 Å². The van der Waals surface area contributed by atoms with Gasteiger partial charge in [-0.15, -0.1) is 10.0 Å². The van der Waals surface area contributed by atoms with Crippen LogP contribution >= 0.6 is 0 Å². The first-order valence-electron chi connectivity index (χ1n) is 4.83. The maximum Gasteiger partial charge on any atom is 0.183 e. The zero-order valence-corrected chi connectivity index (χ0v) is 9.03. The Bertz CT molecular complexity index is 490. The van der Waals surface area contributed by atoms with Gasteiger partial charge in [0.25, 0.3) is 0 Å². The molecule has 1 unspecified atom stereocenters. The van der Waals surface area contributed by atoms with Crippen LogP contribution in [0.4, 0.5) is 0 Å². The molecule has 0 aliphatic heterocycles. The molecule has 2 rings (SSSR count). The molecule has 0 saturated heterocycles. The van der Waals surface area contributed by atoms with Gasteiger partial charge in [0.1, 0.15) is 0 Å². The number of nitroso groups, excluding NO2 is 1. The summed E-state index contributed by atoms with van der Waals surface area (Å²) in [6.07, 6.45) is 0. The molecular weight excluding hydrogens is 206 g/mol. The average molecular weight is 217 g/mol. The topological polar surface area (TPSA) is 73.0 Å². The highest BCUT2D eigenvalue weighted by Gasteiger charge is 2.20. The van der Waals surface area contributed by atoms with E-state index in [1.54, 1.807) is 7.05 Å². The van der Waals surface area contributed by atoms with Crippen molar-refractivity contribution in [2.24, 2.45) is 12.2 Å². The molecule has 0 fully saturated rings. The Labute approximate surface area is 92.3 Å². The number of tetrazole rings is 1. The molecule has 1 atom stereocenters. The van der Waals surface area contributed by atoms with Crippen molar-refractivity contribution in [3.05, 3.63) is 46.1 Å². The second-order valence-electron chi connectivity index (χ2n) is 3.58. The first-order chi connectivity index (χ1) is 7.72. The van der Waals surface area contributed by atoms with Gasteiger partial charge in [0, 0.05) is 7.05 Å². The monoisotopic (exact) mass is 217 g/mol. The molecule has 0 amide bonds. The molecule has 1 aromatic heterocycles. The summed E-state index contributed by atoms with van der Waals surface area (Å²) in [6, 6.07) is 6.92. The van der Waals surface area contributed by atoms with E-state index in [0.29, 0.717) is 5.82 Å². The number of rotatable bonds is 3. The van der Waals surface area contributed by atoms with Crippen molar-refractivity contribution in [2.45, 2.75) is 13.0 Å². The van der Waals surface area contributed by atoms with E-state index >= 15 is 0 Å². The van der Waals surface area contributed by atoms with E-state index in [-0.39, 0.29) is 0 Å². The maximum absolute atomic E-state index is 10.9.